The first kappa shape index (κ1) is 11.8. The third kappa shape index (κ3) is 2.09. The van der Waals surface area contributed by atoms with Crippen LogP contribution in [0.2, 0.25) is 0 Å². The van der Waals surface area contributed by atoms with Gasteiger partial charge in [-0.05, 0) is 24.6 Å². The van der Waals surface area contributed by atoms with Crippen LogP contribution in [-0.2, 0) is 5.41 Å². The van der Waals surface area contributed by atoms with E-state index >= 15 is 0 Å². The molecule has 3 heteroatoms. The lowest BCUT2D eigenvalue weighted by Crippen LogP contribution is -2.17. The highest BCUT2D eigenvalue weighted by Gasteiger charge is 2.16. The summed E-state index contributed by atoms with van der Waals surface area (Å²) in [6.07, 6.45) is 0. The van der Waals surface area contributed by atoms with Gasteiger partial charge in [0.05, 0.1) is 5.52 Å². The second-order valence-electron chi connectivity index (χ2n) is 5.44. The van der Waals surface area contributed by atoms with Crippen molar-refractivity contribution >= 4 is 10.9 Å². The van der Waals surface area contributed by atoms with Gasteiger partial charge >= 0.3 is 0 Å². The highest BCUT2D eigenvalue weighted by molar-refractivity contribution is 5.79. The van der Waals surface area contributed by atoms with E-state index in [1.807, 2.05) is 20.8 Å². The molecule has 0 aliphatic heterocycles. The van der Waals surface area contributed by atoms with Crippen molar-refractivity contribution in [1.82, 2.24) is 4.98 Å². The van der Waals surface area contributed by atoms with Crippen LogP contribution in [0.5, 0.6) is 0 Å². The molecule has 0 atom stereocenters. The van der Waals surface area contributed by atoms with E-state index < -0.39 is 0 Å². The molecule has 1 aromatic carbocycles. The van der Waals surface area contributed by atoms with Gasteiger partial charge < -0.3 is 4.98 Å². The van der Waals surface area contributed by atoms with Crippen LogP contribution in [0.4, 0.5) is 4.39 Å². The van der Waals surface area contributed by atoms with Crippen LogP contribution in [0.25, 0.3) is 10.9 Å². The normalized spacial score (nSPS) is 12.1. The number of aromatic amines is 1. The molecule has 2 aromatic rings. The molecule has 0 unspecified atom stereocenters. The fourth-order valence-electron chi connectivity index (χ4n) is 1.78. The van der Waals surface area contributed by atoms with Gasteiger partial charge in [-0.25, -0.2) is 4.39 Å². The average Bonchev–Trinajstić information content (AvgIpc) is 2.19. The lowest BCUT2D eigenvalue weighted by molar-refractivity contribution is 0.570. The van der Waals surface area contributed by atoms with Crippen LogP contribution in [0.15, 0.2) is 23.0 Å². The molecule has 2 nitrogen and oxygen atoms in total. The summed E-state index contributed by atoms with van der Waals surface area (Å²) in [5, 5.41) is 0.539. The Balaban J connectivity index is 2.83. The van der Waals surface area contributed by atoms with Crippen LogP contribution in [0.1, 0.15) is 32.0 Å². The summed E-state index contributed by atoms with van der Waals surface area (Å²) in [5.41, 5.74) is 1.65. The molecule has 1 aromatic heterocycles. The van der Waals surface area contributed by atoms with E-state index in [0.29, 0.717) is 16.5 Å². The molecule has 0 saturated carbocycles. The molecule has 0 fully saturated rings. The molecule has 90 valence electrons. The Hall–Kier alpha value is -1.64. The minimum atomic E-state index is -0.292. The topological polar surface area (TPSA) is 32.9 Å². The van der Waals surface area contributed by atoms with E-state index in [-0.39, 0.29) is 16.7 Å². The van der Waals surface area contributed by atoms with Gasteiger partial charge in [-0.3, -0.25) is 4.79 Å². The molecule has 0 aliphatic carbocycles. The molecule has 0 aliphatic rings. The second-order valence-corrected chi connectivity index (χ2v) is 5.44. The van der Waals surface area contributed by atoms with Gasteiger partial charge in [0, 0.05) is 22.6 Å². The zero-order valence-electron chi connectivity index (χ0n) is 10.5. The van der Waals surface area contributed by atoms with Gasteiger partial charge in [0.1, 0.15) is 5.82 Å². The number of halogens is 1. The number of aryl methyl sites for hydroxylation is 1. The minimum Gasteiger partial charge on any atom is -0.358 e. The predicted molar refractivity (Wildman–Crippen MR) is 68.0 cm³/mol. The summed E-state index contributed by atoms with van der Waals surface area (Å²) in [7, 11) is 0. The Morgan fingerprint density at radius 3 is 2.41 bits per heavy atom. The lowest BCUT2D eigenvalue weighted by atomic mass is 9.91. The zero-order valence-corrected chi connectivity index (χ0v) is 10.5. The van der Waals surface area contributed by atoms with Crippen molar-refractivity contribution in [3.63, 3.8) is 0 Å². The number of aromatic nitrogens is 1. The molecule has 17 heavy (non-hydrogen) atoms. The number of pyridine rings is 1. The monoisotopic (exact) mass is 233 g/mol. The fraction of sp³-hybridized carbons (Fsp3) is 0.357. The standard InChI is InChI=1S/C14H16FNO/c1-8-5-9-11(6-10(8)15)16-13(7-12(9)17)14(2,3)4/h5-7H,1-4H3,(H,16,17). The largest absolute Gasteiger partial charge is 0.358 e. The Bertz CT molecular complexity index is 635. The van der Waals surface area contributed by atoms with Crippen LogP contribution in [0, 0.1) is 12.7 Å². The van der Waals surface area contributed by atoms with Crippen LogP contribution < -0.4 is 5.43 Å². The number of rotatable bonds is 0. The average molecular weight is 233 g/mol. The maximum atomic E-state index is 13.5. The van der Waals surface area contributed by atoms with E-state index in [2.05, 4.69) is 4.98 Å². The maximum Gasteiger partial charge on any atom is 0.189 e. The molecular formula is C14H16FNO. The Labute approximate surface area is 99.5 Å². The van der Waals surface area contributed by atoms with E-state index in [9.17, 15) is 9.18 Å². The Morgan fingerprint density at radius 2 is 1.82 bits per heavy atom. The number of hydrogen-bond donors (Lipinski definition) is 1. The number of fused-ring (bicyclic) bond motifs is 1. The summed E-state index contributed by atoms with van der Waals surface area (Å²) in [5.74, 6) is -0.292. The van der Waals surface area contributed by atoms with Gasteiger partial charge in [-0.2, -0.15) is 0 Å². The molecule has 0 spiro atoms. The minimum absolute atomic E-state index is 0.0632. The van der Waals surface area contributed by atoms with Crippen molar-refractivity contribution in [2.75, 3.05) is 0 Å². The van der Waals surface area contributed by atoms with Gasteiger partial charge in [0.15, 0.2) is 5.43 Å². The summed E-state index contributed by atoms with van der Waals surface area (Å²) in [6, 6.07) is 4.58. The molecule has 0 bridgehead atoms. The quantitative estimate of drug-likeness (QED) is 0.744. The van der Waals surface area contributed by atoms with Crippen molar-refractivity contribution in [2.24, 2.45) is 0 Å². The predicted octanol–water partition coefficient (Wildman–Crippen LogP) is 3.27. The van der Waals surface area contributed by atoms with Gasteiger partial charge in [0.25, 0.3) is 0 Å². The summed E-state index contributed by atoms with van der Waals surface area (Å²) in [4.78, 5) is 15.1. The van der Waals surface area contributed by atoms with Gasteiger partial charge in [-0.15, -0.1) is 0 Å². The van der Waals surface area contributed by atoms with E-state index in [1.54, 1.807) is 19.1 Å². The SMILES string of the molecule is Cc1cc2c(=O)cc(C(C)(C)C)[nH]c2cc1F. The third-order valence-electron chi connectivity index (χ3n) is 2.92. The molecule has 1 heterocycles. The van der Waals surface area contributed by atoms with Crippen molar-refractivity contribution in [2.45, 2.75) is 33.1 Å². The van der Waals surface area contributed by atoms with Crippen molar-refractivity contribution in [3.05, 3.63) is 45.5 Å². The number of hydrogen-bond acceptors (Lipinski definition) is 1. The smallest absolute Gasteiger partial charge is 0.189 e. The first-order valence-corrected chi connectivity index (χ1v) is 5.63. The maximum absolute atomic E-state index is 13.5. The molecule has 2 rings (SSSR count). The van der Waals surface area contributed by atoms with Crippen molar-refractivity contribution < 1.29 is 4.39 Å². The third-order valence-corrected chi connectivity index (χ3v) is 2.92. The fourth-order valence-corrected chi connectivity index (χ4v) is 1.78. The summed E-state index contributed by atoms with van der Waals surface area (Å²) >= 11 is 0. The lowest BCUT2D eigenvalue weighted by Gasteiger charge is -2.19. The summed E-state index contributed by atoms with van der Waals surface area (Å²) in [6.45, 7) is 7.68. The molecule has 0 radical (unpaired) electrons. The van der Waals surface area contributed by atoms with Gasteiger partial charge in [0.2, 0.25) is 0 Å². The van der Waals surface area contributed by atoms with Crippen molar-refractivity contribution in [1.29, 1.82) is 0 Å². The molecule has 1 N–H and O–H groups in total. The summed E-state index contributed by atoms with van der Waals surface area (Å²) < 4.78 is 13.5. The molecular weight excluding hydrogens is 217 g/mol. The van der Waals surface area contributed by atoms with E-state index in [1.165, 1.54) is 6.07 Å². The number of H-pyrrole nitrogens is 1. The first-order valence-electron chi connectivity index (χ1n) is 5.63. The second kappa shape index (κ2) is 3.69. The first-order chi connectivity index (χ1) is 7.79. The van der Waals surface area contributed by atoms with Gasteiger partial charge in [-0.1, -0.05) is 20.8 Å². The number of nitrogens with one attached hydrogen (secondary N) is 1. The van der Waals surface area contributed by atoms with Crippen LogP contribution >= 0.6 is 0 Å². The van der Waals surface area contributed by atoms with Crippen LogP contribution in [-0.4, -0.2) is 4.98 Å². The van der Waals surface area contributed by atoms with E-state index in [0.717, 1.165) is 5.69 Å². The molecule has 0 saturated heterocycles. The molecule has 0 amide bonds. The van der Waals surface area contributed by atoms with E-state index in [4.69, 9.17) is 0 Å². The van der Waals surface area contributed by atoms with Crippen molar-refractivity contribution in [3.8, 4) is 0 Å². The zero-order chi connectivity index (χ0) is 12.8. The highest BCUT2D eigenvalue weighted by atomic mass is 19.1. The number of benzene rings is 1. The Morgan fingerprint density at radius 1 is 1.18 bits per heavy atom. The Kier molecular flexibility index (Phi) is 2.57. The van der Waals surface area contributed by atoms with Crippen LogP contribution in [0.3, 0.4) is 0 Å². The highest BCUT2D eigenvalue weighted by Crippen LogP contribution is 2.22.